The van der Waals surface area contributed by atoms with E-state index in [0.717, 1.165) is 16.9 Å². The number of carbonyl (C=O) groups is 1. The molecule has 0 radical (unpaired) electrons. The maximum absolute atomic E-state index is 12.4. The van der Waals surface area contributed by atoms with E-state index in [1.54, 1.807) is 14.2 Å². The molecule has 6 heteroatoms. The van der Waals surface area contributed by atoms with Crippen molar-refractivity contribution >= 4 is 5.91 Å². The lowest BCUT2D eigenvalue weighted by Gasteiger charge is -2.17. The molecule has 1 atom stereocenters. The average molecular weight is 402 g/mol. The quantitative estimate of drug-likeness (QED) is 0.608. The molecule has 158 valence electrons. The van der Waals surface area contributed by atoms with Crippen LogP contribution in [0.4, 0.5) is 0 Å². The Kier molecular flexibility index (Phi) is 8.65. The zero-order valence-corrected chi connectivity index (χ0v) is 17.9. The molecule has 0 aromatic heterocycles. The van der Waals surface area contributed by atoms with Gasteiger partial charge in [-0.05, 0) is 62.6 Å². The third kappa shape index (κ3) is 6.31. The van der Waals surface area contributed by atoms with Crippen molar-refractivity contribution in [3.05, 3.63) is 47.5 Å². The fraction of sp³-hybridized carbons (Fsp3) is 0.435. The lowest BCUT2D eigenvalue weighted by molar-refractivity contribution is -0.121. The molecule has 6 nitrogen and oxygen atoms in total. The van der Waals surface area contributed by atoms with Crippen LogP contribution in [0.2, 0.25) is 0 Å². The number of benzene rings is 2. The van der Waals surface area contributed by atoms with Crippen LogP contribution in [0.3, 0.4) is 0 Å². The number of amides is 1. The highest BCUT2D eigenvalue weighted by atomic mass is 16.5. The molecule has 2 aromatic carbocycles. The second kappa shape index (κ2) is 11.2. The van der Waals surface area contributed by atoms with E-state index in [9.17, 15) is 4.79 Å². The van der Waals surface area contributed by atoms with E-state index in [1.165, 1.54) is 0 Å². The predicted molar refractivity (Wildman–Crippen MR) is 113 cm³/mol. The molecular formula is C23H31NO5. The molecule has 1 N–H and O–H groups in total. The Hall–Kier alpha value is -2.89. The molecule has 0 saturated carbocycles. The molecule has 0 heterocycles. The van der Waals surface area contributed by atoms with Gasteiger partial charge in [-0.1, -0.05) is 12.1 Å². The summed E-state index contributed by atoms with van der Waals surface area (Å²) in [5.41, 5.74) is 1.99. The summed E-state index contributed by atoms with van der Waals surface area (Å²) in [6.45, 7) is 6.96. The van der Waals surface area contributed by atoms with Crippen LogP contribution in [-0.4, -0.2) is 33.3 Å². The number of hydrogen-bond acceptors (Lipinski definition) is 5. The molecule has 0 aliphatic rings. The van der Waals surface area contributed by atoms with Crippen molar-refractivity contribution in [2.75, 3.05) is 27.4 Å². The largest absolute Gasteiger partial charge is 0.493 e. The summed E-state index contributed by atoms with van der Waals surface area (Å²) in [6.07, 6.45) is 1.01. The molecule has 0 saturated heterocycles. The Bertz CT molecular complexity index is 806. The van der Waals surface area contributed by atoms with Crippen molar-refractivity contribution in [1.29, 1.82) is 0 Å². The molecule has 1 amide bonds. The maximum Gasteiger partial charge on any atom is 0.220 e. The normalized spacial score (nSPS) is 11.5. The highest BCUT2D eigenvalue weighted by Crippen LogP contribution is 2.30. The fourth-order valence-corrected chi connectivity index (χ4v) is 3.03. The van der Waals surface area contributed by atoms with Crippen LogP contribution >= 0.6 is 0 Å². The van der Waals surface area contributed by atoms with Gasteiger partial charge in [0.1, 0.15) is 0 Å². The van der Waals surface area contributed by atoms with Crippen LogP contribution < -0.4 is 24.3 Å². The van der Waals surface area contributed by atoms with E-state index < -0.39 is 0 Å². The van der Waals surface area contributed by atoms with Gasteiger partial charge >= 0.3 is 0 Å². The molecule has 2 rings (SSSR count). The first-order valence-electron chi connectivity index (χ1n) is 9.92. The minimum absolute atomic E-state index is 0.0147. The van der Waals surface area contributed by atoms with Crippen molar-refractivity contribution in [2.45, 2.75) is 39.7 Å². The highest BCUT2D eigenvalue weighted by Gasteiger charge is 2.13. The number of rotatable bonds is 11. The van der Waals surface area contributed by atoms with Crippen LogP contribution in [-0.2, 0) is 11.2 Å². The van der Waals surface area contributed by atoms with E-state index in [0.29, 0.717) is 43.3 Å². The first-order valence-corrected chi connectivity index (χ1v) is 9.92. The van der Waals surface area contributed by atoms with E-state index in [1.807, 2.05) is 57.2 Å². The number of methoxy groups -OCH3 is 2. The SMILES string of the molecule is CCOc1ccc(CCC(=O)N[C@@H](C)c2ccc(OC)c(OC)c2)cc1OCC. The van der Waals surface area contributed by atoms with Crippen LogP contribution in [0.15, 0.2) is 36.4 Å². The zero-order chi connectivity index (χ0) is 21.2. The van der Waals surface area contributed by atoms with Crippen LogP contribution in [0.25, 0.3) is 0 Å². The summed E-state index contributed by atoms with van der Waals surface area (Å²) < 4.78 is 21.8. The second-order valence-corrected chi connectivity index (χ2v) is 6.55. The summed E-state index contributed by atoms with van der Waals surface area (Å²) in [7, 11) is 3.19. The van der Waals surface area contributed by atoms with Gasteiger partial charge in [0, 0.05) is 6.42 Å². The molecule has 0 spiro atoms. The third-order valence-corrected chi connectivity index (χ3v) is 4.53. The Morgan fingerprint density at radius 1 is 0.897 bits per heavy atom. The lowest BCUT2D eigenvalue weighted by atomic mass is 10.1. The summed E-state index contributed by atoms with van der Waals surface area (Å²) >= 11 is 0. The second-order valence-electron chi connectivity index (χ2n) is 6.55. The summed E-state index contributed by atoms with van der Waals surface area (Å²) in [4.78, 5) is 12.4. The third-order valence-electron chi connectivity index (χ3n) is 4.53. The van der Waals surface area contributed by atoms with E-state index in [-0.39, 0.29) is 11.9 Å². The van der Waals surface area contributed by atoms with E-state index in [4.69, 9.17) is 18.9 Å². The topological polar surface area (TPSA) is 66.0 Å². The molecule has 29 heavy (non-hydrogen) atoms. The van der Waals surface area contributed by atoms with Crippen molar-refractivity contribution in [3.8, 4) is 23.0 Å². The first-order chi connectivity index (χ1) is 14.0. The standard InChI is InChI=1S/C23H31NO5/c1-6-28-20-11-8-17(14-22(20)29-7-2)9-13-23(25)24-16(3)18-10-12-19(26-4)21(15-18)27-5/h8,10-12,14-16H,6-7,9,13H2,1-5H3,(H,24,25)/t16-/m0/s1. The fourth-order valence-electron chi connectivity index (χ4n) is 3.03. The van der Waals surface area contributed by atoms with Crippen molar-refractivity contribution in [1.82, 2.24) is 5.32 Å². The Balaban J connectivity index is 1.96. The molecule has 0 bridgehead atoms. The minimum atomic E-state index is -0.137. The van der Waals surface area contributed by atoms with Crippen molar-refractivity contribution in [3.63, 3.8) is 0 Å². The average Bonchev–Trinajstić information content (AvgIpc) is 2.73. The smallest absolute Gasteiger partial charge is 0.220 e. The van der Waals surface area contributed by atoms with Gasteiger partial charge in [0.05, 0.1) is 33.5 Å². The van der Waals surface area contributed by atoms with Crippen molar-refractivity contribution in [2.24, 2.45) is 0 Å². The van der Waals surface area contributed by atoms with Gasteiger partial charge in [0.25, 0.3) is 0 Å². The molecule has 0 unspecified atom stereocenters. The number of ether oxygens (including phenoxy) is 4. The molecule has 0 aliphatic carbocycles. The van der Waals surface area contributed by atoms with Gasteiger partial charge in [-0.15, -0.1) is 0 Å². The van der Waals surface area contributed by atoms with Gasteiger partial charge in [-0.25, -0.2) is 0 Å². The number of carbonyl (C=O) groups excluding carboxylic acids is 1. The number of aryl methyl sites for hydroxylation is 1. The zero-order valence-electron chi connectivity index (χ0n) is 17.9. The Morgan fingerprint density at radius 3 is 2.21 bits per heavy atom. The monoisotopic (exact) mass is 401 g/mol. The van der Waals surface area contributed by atoms with Crippen LogP contribution in [0.1, 0.15) is 44.4 Å². The number of hydrogen-bond donors (Lipinski definition) is 1. The highest BCUT2D eigenvalue weighted by molar-refractivity contribution is 5.76. The Labute approximate surface area is 173 Å². The predicted octanol–water partition coefficient (Wildman–Crippen LogP) is 4.31. The summed E-state index contributed by atoms with van der Waals surface area (Å²) in [6, 6.07) is 11.3. The minimum Gasteiger partial charge on any atom is -0.493 e. The lowest BCUT2D eigenvalue weighted by Crippen LogP contribution is -2.26. The first kappa shape index (κ1) is 22.4. The van der Waals surface area contributed by atoms with Crippen LogP contribution in [0.5, 0.6) is 23.0 Å². The summed E-state index contributed by atoms with van der Waals surface area (Å²) in [5, 5.41) is 3.04. The van der Waals surface area contributed by atoms with Gasteiger partial charge < -0.3 is 24.3 Å². The Morgan fingerprint density at radius 2 is 1.55 bits per heavy atom. The molecule has 0 fully saturated rings. The number of nitrogens with one attached hydrogen (secondary N) is 1. The van der Waals surface area contributed by atoms with Gasteiger partial charge in [0.15, 0.2) is 23.0 Å². The molecule has 0 aliphatic heterocycles. The van der Waals surface area contributed by atoms with E-state index >= 15 is 0 Å². The van der Waals surface area contributed by atoms with Gasteiger partial charge in [0.2, 0.25) is 5.91 Å². The van der Waals surface area contributed by atoms with Crippen LogP contribution in [0, 0.1) is 0 Å². The van der Waals surface area contributed by atoms with Crippen molar-refractivity contribution < 1.29 is 23.7 Å². The van der Waals surface area contributed by atoms with Gasteiger partial charge in [-0.2, -0.15) is 0 Å². The molecular weight excluding hydrogens is 370 g/mol. The molecule has 2 aromatic rings. The van der Waals surface area contributed by atoms with E-state index in [2.05, 4.69) is 5.32 Å². The van der Waals surface area contributed by atoms with Gasteiger partial charge in [-0.3, -0.25) is 4.79 Å². The summed E-state index contributed by atoms with van der Waals surface area (Å²) in [5.74, 6) is 2.73. The maximum atomic E-state index is 12.4.